The van der Waals surface area contributed by atoms with Crippen LogP contribution in [0.5, 0.6) is 0 Å². The lowest BCUT2D eigenvalue weighted by molar-refractivity contribution is -0.660. The Morgan fingerprint density at radius 3 is 2.53 bits per heavy atom. The number of furan rings is 1. The topological polar surface area (TPSA) is 29.9 Å². The molecule has 3 heterocycles. The van der Waals surface area contributed by atoms with Crippen LogP contribution >= 0.6 is 0 Å². The molecule has 0 aliphatic heterocycles. The van der Waals surface area contributed by atoms with E-state index in [-0.39, 0.29) is 0 Å². The molecule has 0 aliphatic carbocycles. The Balaban J connectivity index is 1.63. The van der Waals surface area contributed by atoms with Crippen molar-refractivity contribution in [2.75, 3.05) is 0 Å². The summed E-state index contributed by atoms with van der Waals surface area (Å²) in [5, 5.41) is 3.01. The van der Waals surface area contributed by atoms with Crippen LogP contribution in [0.15, 0.2) is 89.6 Å². The summed E-state index contributed by atoms with van der Waals surface area (Å²) in [5.41, 5.74) is 7.27. The Labute approximate surface area is 190 Å². The molecular formula is C29H23N2O+. The first-order chi connectivity index (χ1) is 16.8. The third-order valence-electron chi connectivity index (χ3n) is 6.18. The maximum Gasteiger partial charge on any atom is 0.213 e. The predicted molar refractivity (Wildman–Crippen MR) is 131 cm³/mol. The summed E-state index contributed by atoms with van der Waals surface area (Å²) in [7, 11) is 1.89. The lowest BCUT2D eigenvalue weighted by atomic mass is 9.96. The Hall–Kier alpha value is -3.98. The summed E-state index contributed by atoms with van der Waals surface area (Å²) in [6.07, 6.45) is 3.61. The van der Waals surface area contributed by atoms with Gasteiger partial charge in [-0.05, 0) is 42.6 Å². The highest BCUT2D eigenvalue weighted by Crippen LogP contribution is 2.36. The number of aryl methyl sites for hydroxylation is 3. The van der Waals surface area contributed by atoms with Crippen LogP contribution in [0.25, 0.3) is 55.2 Å². The van der Waals surface area contributed by atoms with Crippen molar-refractivity contribution in [2.24, 2.45) is 7.05 Å². The van der Waals surface area contributed by atoms with Gasteiger partial charge >= 0.3 is 0 Å². The van der Waals surface area contributed by atoms with E-state index in [2.05, 4.69) is 12.1 Å². The smallest absolute Gasteiger partial charge is 0.213 e. The number of rotatable bonds is 2. The summed E-state index contributed by atoms with van der Waals surface area (Å²) in [5.74, 6) is 0. The number of aromatic nitrogens is 2. The van der Waals surface area contributed by atoms with Gasteiger partial charge in [-0.25, -0.2) is 4.57 Å². The lowest BCUT2D eigenvalue weighted by Crippen LogP contribution is -2.31. The normalized spacial score (nSPS) is 13.4. The molecule has 0 fully saturated rings. The highest BCUT2D eigenvalue weighted by Gasteiger charge is 2.20. The van der Waals surface area contributed by atoms with Crippen molar-refractivity contribution in [3.8, 4) is 22.4 Å². The van der Waals surface area contributed by atoms with Crippen LogP contribution in [-0.2, 0) is 7.05 Å². The summed E-state index contributed by atoms with van der Waals surface area (Å²) >= 11 is 0. The van der Waals surface area contributed by atoms with Gasteiger partial charge in [0, 0.05) is 43.7 Å². The average molecular weight is 419 g/mol. The third kappa shape index (κ3) is 2.82. The minimum atomic E-state index is -2.23. The number of hydrogen-bond donors (Lipinski definition) is 0. The molecule has 3 aromatic heterocycles. The zero-order chi connectivity index (χ0) is 24.3. The fourth-order valence-electron chi connectivity index (χ4n) is 4.54. The van der Waals surface area contributed by atoms with Crippen LogP contribution in [0.1, 0.15) is 15.2 Å². The summed E-state index contributed by atoms with van der Waals surface area (Å²) in [6.45, 7) is -0.181. The van der Waals surface area contributed by atoms with Crippen LogP contribution in [0.4, 0.5) is 0 Å². The van der Waals surface area contributed by atoms with E-state index in [1.807, 2.05) is 85.4 Å². The standard InChI is InChI=1S/C29H23N2O/c1-18-13-27-25(28-29(32-27)22-12-8-7-11-21(22)16-30-28)14-24(18)26-15-23(19(2)17-31(26)3)20-9-5-4-6-10-20/h4-17H,1-3H3/q+1/i2D3. The number of benzene rings is 3. The molecule has 0 spiro atoms. The van der Waals surface area contributed by atoms with E-state index in [1.165, 1.54) is 0 Å². The molecule has 6 rings (SSSR count). The molecule has 0 N–H and O–H groups in total. The second-order valence-corrected chi connectivity index (χ2v) is 8.25. The van der Waals surface area contributed by atoms with Crippen LogP contribution in [0.2, 0.25) is 0 Å². The number of fused-ring (bicyclic) bond motifs is 5. The van der Waals surface area contributed by atoms with E-state index in [0.29, 0.717) is 11.1 Å². The van der Waals surface area contributed by atoms with Gasteiger partial charge in [-0.3, -0.25) is 4.98 Å². The average Bonchev–Trinajstić information content (AvgIpc) is 3.21. The number of pyridine rings is 2. The first-order valence-corrected chi connectivity index (χ1v) is 10.6. The second-order valence-electron chi connectivity index (χ2n) is 8.25. The van der Waals surface area contributed by atoms with Gasteiger partial charge in [0.2, 0.25) is 5.69 Å². The van der Waals surface area contributed by atoms with Crippen LogP contribution in [0.3, 0.4) is 0 Å². The zero-order valence-corrected chi connectivity index (χ0v) is 17.9. The Bertz CT molecular complexity index is 1750. The highest BCUT2D eigenvalue weighted by atomic mass is 16.3. The largest absolute Gasteiger partial charge is 0.454 e. The van der Waals surface area contributed by atoms with Gasteiger partial charge in [-0.1, -0.05) is 54.6 Å². The highest BCUT2D eigenvalue weighted by molar-refractivity contribution is 6.13. The van der Waals surface area contributed by atoms with Gasteiger partial charge < -0.3 is 4.42 Å². The van der Waals surface area contributed by atoms with Crippen molar-refractivity contribution in [1.82, 2.24) is 4.98 Å². The predicted octanol–water partition coefficient (Wildman–Crippen LogP) is 6.91. The molecular weight excluding hydrogens is 392 g/mol. The molecule has 0 bridgehead atoms. The summed E-state index contributed by atoms with van der Waals surface area (Å²) in [4.78, 5) is 4.72. The Kier molecular flexibility index (Phi) is 3.46. The van der Waals surface area contributed by atoms with Gasteiger partial charge in [0.25, 0.3) is 0 Å². The number of hydrogen-bond acceptors (Lipinski definition) is 2. The van der Waals surface area contributed by atoms with Crippen molar-refractivity contribution in [3.05, 3.63) is 96.3 Å². The van der Waals surface area contributed by atoms with E-state index >= 15 is 0 Å². The quantitative estimate of drug-likeness (QED) is 0.286. The Morgan fingerprint density at radius 1 is 0.875 bits per heavy atom. The molecule has 0 unspecified atom stereocenters. The molecule has 0 radical (unpaired) electrons. The molecule has 3 heteroatoms. The first kappa shape index (κ1) is 15.8. The van der Waals surface area contributed by atoms with E-state index in [1.54, 1.807) is 6.20 Å². The molecule has 6 aromatic rings. The van der Waals surface area contributed by atoms with Crippen molar-refractivity contribution < 1.29 is 13.1 Å². The molecule has 0 saturated carbocycles. The maximum atomic E-state index is 8.12. The van der Waals surface area contributed by atoms with Crippen molar-refractivity contribution in [2.45, 2.75) is 13.8 Å². The van der Waals surface area contributed by atoms with E-state index in [0.717, 1.165) is 55.2 Å². The van der Waals surface area contributed by atoms with Crippen molar-refractivity contribution >= 4 is 32.8 Å². The maximum absolute atomic E-state index is 8.12. The molecule has 154 valence electrons. The molecule has 0 aliphatic rings. The van der Waals surface area contributed by atoms with Crippen molar-refractivity contribution in [1.29, 1.82) is 0 Å². The van der Waals surface area contributed by atoms with Crippen LogP contribution in [-0.4, -0.2) is 4.98 Å². The second kappa shape index (κ2) is 7.03. The summed E-state index contributed by atoms with van der Waals surface area (Å²) < 4.78 is 32.5. The van der Waals surface area contributed by atoms with Gasteiger partial charge in [-0.15, -0.1) is 0 Å². The van der Waals surface area contributed by atoms with Crippen LogP contribution < -0.4 is 4.57 Å². The fraction of sp³-hybridized carbons (Fsp3) is 0.103. The van der Waals surface area contributed by atoms with E-state index in [9.17, 15) is 0 Å². The van der Waals surface area contributed by atoms with E-state index in [4.69, 9.17) is 13.5 Å². The molecule has 32 heavy (non-hydrogen) atoms. The van der Waals surface area contributed by atoms with Gasteiger partial charge in [-0.2, -0.15) is 0 Å². The van der Waals surface area contributed by atoms with Gasteiger partial charge in [0.1, 0.15) is 18.1 Å². The molecule has 3 nitrogen and oxygen atoms in total. The SMILES string of the molecule is [2H]C([2H])([2H])c1c[n+](C)c(-c2cc3c(cc2C)oc2c4ccccc4cnc32)cc1-c1ccccc1. The minimum absolute atomic E-state index is 0.329. The first-order valence-electron chi connectivity index (χ1n) is 12.1. The monoisotopic (exact) mass is 418 g/mol. The van der Waals surface area contributed by atoms with Gasteiger partial charge in [0.15, 0.2) is 11.8 Å². The molecule has 0 amide bonds. The zero-order valence-electron chi connectivity index (χ0n) is 20.9. The molecule has 0 atom stereocenters. The minimum Gasteiger partial charge on any atom is -0.454 e. The molecule has 3 aromatic carbocycles. The lowest BCUT2D eigenvalue weighted by Gasteiger charge is -2.10. The summed E-state index contributed by atoms with van der Waals surface area (Å²) in [6, 6.07) is 23.9. The fourth-order valence-corrected chi connectivity index (χ4v) is 4.54. The molecule has 0 saturated heterocycles. The van der Waals surface area contributed by atoms with E-state index < -0.39 is 6.85 Å². The Morgan fingerprint density at radius 2 is 1.69 bits per heavy atom. The van der Waals surface area contributed by atoms with Crippen molar-refractivity contribution in [3.63, 3.8) is 0 Å². The third-order valence-corrected chi connectivity index (χ3v) is 6.18. The van der Waals surface area contributed by atoms with Crippen LogP contribution in [0, 0.1) is 13.8 Å². The van der Waals surface area contributed by atoms with Gasteiger partial charge in [0.05, 0.1) is 0 Å². The number of nitrogens with zero attached hydrogens (tertiary/aromatic N) is 2.